The number of ether oxygens (including phenoxy) is 2. The smallest absolute Gasteiger partial charge is 0.230 e. The highest BCUT2D eigenvalue weighted by atomic mass is 16.5. The van der Waals surface area contributed by atoms with Gasteiger partial charge in [-0.2, -0.15) is 4.98 Å². The van der Waals surface area contributed by atoms with Crippen LogP contribution in [0.25, 0.3) is 10.9 Å². The number of hydrogen-bond donors (Lipinski definition) is 3. The fraction of sp³-hybridized carbons (Fsp3) is 0.182. The predicted molar refractivity (Wildman–Crippen MR) is 118 cm³/mol. The summed E-state index contributed by atoms with van der Waals surface area (Å²) in [6.45, 7) is 0.637. The molecule has 0 fully saturated rings. The summed E-state index contributed by atoms with van der Waals surface area (Å²) in [4.78, 5) is 17.3. The van der Waals surface area contributed by atoms with Gasteiger partial charge in [0.25, 0.3) is 0 Å². The Hall–Kier alpha value is -4.14. The molecule has 0 amide bonds. The average molecular weight is 418 g/mol. The van der Waals surface area contributed by atoms with Crippen molar-refractivity contribution in [2.75, 3.05) is 31.4 Å². The number of benzene rings is 2. The number of phenolic OH excluding ortho intramolecular Hbond substituents is 1. The van der Waals surface area contributed by atoms with Gasteiger partial charge in [-0.15, -0.1) is 0 Å². The van der Waals surface area contributed by atoms with Gasteiger partial charge in [0, 0.05) is 24.2 Å². The summed E-state index contributed by atoms with van der Waals surface area (Å²) in [6.07, 6.45) is 3.85. The maximum atomic E-state index is 9.45. The average Bonchev–Trinajstić information content (AvgIpc) is 2.80. The Morgan fingerprint density at radius 1 is 0.968 bits per heavy atom. The molecule has 31 heavy (non-hydrogen) atoms. The second-order valence-electron chi connectivity index (χ2n) is 6.68. The van der Waals surface area contributed by atoms with Gasteiger partial charge in [-0.05, 0) is 36.2 Å². The van der Waals surface area contributed by atoms with Crippen molar-refractivity contribution in [1.82, 2.24) is 19.9 Å². The quantitative estimate of drug-likeness (QED) is 0.395. The molecule has 4 aromatic rings. The Morgan fingerprint density at radius 2 is 1.74 bits per heavy atom. The summed E-state index contributed by atoms with van der Waals surface area (Å²) < 4.78 is 10.9. The SMILES string of the molecule is COc1cc2nc(Nc3ccncn3)nc(NCCc3ccc(O)cc3)c2cc1OC. The molecule has 2 aromatic heterocycles. The van der Waals surface area contributed by atoms with Gasteiger partial charge < -0.3 is 25.2 Å². The minimum absolute atomic E-state index is 0.250. The second kappa shape index (κ2) is 9.12. The van der Waals surface area contributed by atoms with E-state index in [1.807, 2.05) is 24.3 Å². The van der Waals surface area contributed by atoms with Crippen molar-refractivity contribution >= 4 is 28.5 Å². The van der Waals surface area contributed by atoms with E-state index in [1.165, 1.54) is 6.33 Å². The molecule has 0 atom stereocenters. The van der Waals surface area contributed by atoms with Crippen LogP contribution in [0.5, 0.6) is 17.2 Å². The predicted octanol–water partition coefficient (Wildman–Crippen LogP) is 3.54. The lowest BCUT2D eigenvalue weighted by atomic mass is 10.1. The monoisotopic (exact) mass is 418 g/mol. The normalized spacial score (nSPS) is 10.6. The van der Waals surface area contributed by atoms with Crippen molar-refractivity contribution in [2.24, 2.45) is 0 Å². The minimum Gasteiger partial charge on any atom is -0.508 e. The fourth-order valence-electron chi connectivity index (χ4n) is 3.11. The van der Waals surface area contributed by atoms with Crippen LogP contribution in [0.15, 0.2) is 55.0 Å². The van der Waals surface area contributed by atoms with Crippen LogP contribution in [-0.4, -0.2) is 45.8 Å². The molecule has 9 nitrogen and oxygen atoms in total. The highest BCUT2D eigenvalue weighted by molar-refractivity contribution is 5.93. The molecular formula is C22H22N6O3. The summed E-state index contributed by atoms with van der Waals surface area (Å²) in [7, 11) is 3.18. The second-order valence-corrected chi connectivity index (χ2v) is 6.68. The number of fused-ring (bicyclic) bond motifs is 1. The third-order valence-electron chi connectivity index (χ3n) is 4.67. The van der Waals surface area contributed by atoms with Crippen LogP contribution >= 0.6 is 0 Å². The number of nitrogens with one attached hydrogen (secondary N) is 2. The van der Waals surface area contributed by atoms with Crippen LogP contribution < -0.4 is 20.1 Å². The third kappa shape index (κ3) is 4.72. The van der Waals surface area contributed by atoms with E-state index in [1.54, 1.807) is 38.6 Å². The Labute approximate surface area is 179 Å². The van der Waals surface area contributed by atoms with E-state index < -0.39 is 0 Å². The van der Waals surface area contributed by atoms with Gasteiger partial charge in [-0.3, -0.25) is 0 Å². The molecule has 0 saturated carbocycles. The van der Waals surface area contributed by atoms with Gasteiger partial charge in [0.05, 0.1) is 19.7 Å². The molecule has 0 aliphatic heterocycles. The summed E-state index contributed by atoms with van der Waals surface area (Å²) in [5, 5.41) is 16.7. The van der Waals surface area contributed by atoms with Crippen molar-refractivity contribution in [3.8, 4) is 17.2 Å². The molecule has 0 aliphatic rings. The van der Waals surface area contributed by atoms with E-state index in [0.717, 1.165) is 17.4 Å². The number of rotatable bonds is 8. The van der Waals surface area contributed by atoms with Gasteiger partial charge in [-0.1, -0.05) is 12.1 Å². The molecular weight excluding hydrogens is 396 g/mol. The summed E-state index contributed by atoms with van der Waals surface area (Å²) in [6, 6.07) is 12.5. The number of nitrogens with zero attached hydrogens (tertiary/aromatic N) is 4. The lowest BCUT2D eigenvalue weighted by Crippen LogP contribution is -2.09. The van der Waals surface area contributed by atoms with E-state index in [-0.39, 0.29) is 5.75 Å². The van der Waals surface area contributed by atoms with E-state index in [0.29, 0.717) is 41.1 Å². The molecule has 0 saturated heterocycles. The van der Waals surface area contributed by atoms with Crippen LogP contribution in [0.2, 0.25) is 0 Å². The molecule has 0 aliphatic carbocycles. The van der Waals surface area contributed by atoms with Crippen LogP contribution in [0.4, 0.5) is 17.6 Å². The zero-order valence-corrected chi connectivity index (χ0v) is 17.2. The van der Waals surface area contributed by atoms with E-state index >= 15 is 0 Å². The third-order valence-corrected chi connectivity index (χ3v) is 4.67. The summed E-state index contributed by atoms with van der Waals surface area (Å²) >= 11 is 0. The highest BCUT2D eigenvalue weighted by Gasteiger charge is 2.14. The first-order chi connectivity index (χ1) is 15.2. The maximum absolute atomic E-state index is 9.45. The minimum atomic E-state index is 0.250. The van der Waals surface area contributed by atoms with Crippen LogP contribution in [0, 0.1) is 0 Å². The largest absolute Gasteiger partial charge is 0.508 e. The van der Waals surface area contributed by atoms with Crippen molar-refractivity contribution in [2.45, 2.75) is 6.42 Å². The van der Waals surface area contributed by atoms with Gasteiger partial charge in [0.15, 0.2) is 11.5 Å². The molecule has 3 N–H and O–H groups in total. The lowest BCUT2D eigenvalue weighted by molar-refractivity contribution is 0.356. The number of aromatic nitrogens is 4. The Kier molecular flexibility index (Phi) is 5.93. The zero-order chi connectivity index (χ0) is 21.6. The lowest BCUT2D eigenvalue weighted by Gasteiger charge is -2.14. The molecule has 158 valence electrons. The van der Waals surface area contributed by atoms with Crippen LogP contribution in [0.1, 0.15) is 5.56 Å². The van der Waals surface area contributed by atoms with Gasteiger partial charge in [0.1, 0.15) is 23.7 Å². The number of methoxy groups -OCH3 is 2. The van der Waals surface area contributed by atoms with E-state index in [4.69, 9.17) is 9.47 Å². The number of hydrogen-bond acceptors (Lipinski definition) is 9. The first kappa shape index (κ1) is 20.1. The van der Waals surface area contributed by atoms with E-state index in [9.17, 15) is 5.11 Å². The van der Waals surface area contributed by atoms with Gasteiger partial charge in [0.2, 0.25) is 5.95 Å². The van der Waals surface area contributed by atoms with Crippen molar-refractivity contribution in [3.63, 3.8) is 0 Å². The maximum Gasteiger partial charge on any atom is 0.230 e. The fourth-order valence-corrected chi connectivity index (χ4v) is 3.11. The first-order valence-corrected chi connectivity index (χ1v) is 9.65. The molecule has 0 unspecified atom stereocenters. The van der Waals surface area contributed by atoms with Crippen LogP contribution in [0.3, 0.4) is 0 Å². The van der Waals surface area contributed by atoms with Crippen molar-refractivity contribution < 1.29 is 14.6 Å². The standard InChI is InChI=1S/C22H22N6O3/c1-30-18-11-16-17(12-19(18)31-2)26-22(27-20-8-9-23-13-25-20)28-21(16)24-10-7-14-3-5-15(29)6-4-14/h3-6,8-9,11-13,29H,7,10H2,1-2H3,(H2,23,24,25,26,27,28). The van der Waals surface area contributed by atoms with Gasteiger partial charge >= 0.3 is 0 Å². The zero-order valence-electron chi connectivity index (χ0n) is 17.2. The summed E-state index contributed by atoms with van der Waals surface area (Å²) in [5.41, 5.74) is 1.79. The molecule has 2 aromatic carbocycles. The van der Waals surface area contributed by atoms with Gasteiger partial charge in [-0.25, -0.2) is 15.0 Å². The Bertz CT molecular complexity index is 1170. The molecule has 4 rings (SSSR count). The molecule has 0 spiro atoms. The Balaban J connectivity index is 1.66. The van der Waals surface area contributed by atoms with Crippen molar-refractivity contribution in [1.29, 1.82) is 0 Å². The number of phenols is 1. The molecule has 9 heteroatoms. The summed E-state index contributed by atoms with van der Waals surface area (Å²) in [5.74, 6) is 3.06. The van der Waals surface area contributed by atoms with Crippen LogP contribution in [-0.2, 0) is 6.42 Å². The first-order valence-electron chi connectivity index (χ1n) is 9.65. The van der Waals surface area contributed by atoms with E-state index in [2.05, 4.69) is 30.6 Å². The van der Waals surface area contributed by atoms with Crippen molar-refractivity contribution in [3.05, 3.63) is 60.6 Å². The topological polar surface area (TPSA) is 114 Å². The molecule has 0 radical (unpaired) electrons. The molecule has 2 heterocycles. The highest BCUT2D eigenvalue weighted by Crippen LogP contribution is 2.34. The molecule has 0 bridgehead atoms. The number of aromatic hydroxyl groups is 1. The number of anilines is 3. The Morgan fingerprint density at radius 3 is 2.45 bits per heavy atom.